The number of anilines is 1. The third-order valence-electron chi connectivity index (χ3n) is 7.92. The van der Waals surface area contributed by atoms with Crippen LogP contribution in [0.5, 0.6) is 0 Å². The predicted molar refractivity (Wildman–Crippen MR) is 211 cm³/mol. The number of urea groups is 1. The summed E-state index contributed by atoms with van der Waals surface area (Å²) in [6, 6.07) is 4.83. The number of benzene rings is 1. The summed E-state index contributed by atoms with van der Waals surface area (Å²) < 4.78 is 78.0. The number of alkyl halides is 3. The largest absolute Gasteiger partial charge is 0.475 e. The van der Waals surface area contributed by atoms with Gasteiger partial charge in [0.05, 0.1) is 36.0 Å². The third-order valence-corrected chi connectivity index (χ3v) is 10.8. The van der Waals surface area contributed by atoms with E-state index in [2.05, 4.69) is 20.6 Å². The van der Waals surface area contributed by atoms with Gasteiger partial charge >= 0.3 is 26.0 Å². The molecule has 57 heavy (non-hydrogen) atoms. The van der Waals surface area contributed by atoms with Crippen LogP contribution in [0.15, 0.2) is 46.8 Å². The van der Waals surface area contributed by atoms with E-state index in [4.69, 9.17) is 18.3 Å². The van der Waals surface area contributed by atoms with E-state index in [9.17, 15) is 37.2 Å². The summed E-state index contributed by atoms with van der Waals surface area (Å²) in [4.78, 5) is 48.2. The normalized spacial score (nSPS) is 13.4. The summed E-state index contributed by atoms with van der Waals surface area (Å²) >= 11 is 0.732. The maximum absolute atomic E-state index is 14.2. The van der Waals surface area contributed by atoms with Crippen molar-refractivity contribution in [2.75, 3.05) is 31.7 Å². The van der Waals surface area contributed by atoms with Crippen molar-refractivity contribution in [2.24, 2.45) is 5.41 Å². The number of carbonyl (C=O) groups is 2. The first-order chi connectivity index (χ1) is 26.2. The molecule has 0 aliphatic rings. The number of phosphoric acid groups is 1. The molecule has 1 atom stereocenters. The Balaban J connectivity index is 1.82. The van der Waals surface area contributed by atoms with Gasteiger partial charge in [-0.2, -0.15) is 13.2 Å². The molecule has 3 heterocycles. The average Bonchev–Trinajstić information content (AvgIpc) is 3.57. The molecule has 0 aliphatic heterocycles. The summed E-state index contributed by atoms with van der Waals surface area (Å²) in [5.41, 5.74) is -3.53. The van der Waals surface area contributed by atoms with E-state index in [1.807, 2.05) is 20.8 Å². The molecule has 4 aromatic rings. The number of thiazole rings is 1. The predicted octanol–water partition coefficient (Wildman–Crippen LogP) is 8.84. The minimum Gasteiger partial charge on any atom is -0.459 e. The minimum absolute atomic E-state index is 0.0214. The molecule has 312 valence electrons. The first-order valence-corrected chi connectivity index (χ1v) is 20.3. The van der Waals surface area contributed by atoms with E-state index >= 15 is 0 Å². The number of nitrogens with zero attached hydrogens (tertiary/aromatic N) is 3. The van der Waals surface area contributed by atoms with E-state index in [-0.39, 0.29) is 33.9 Å². The van der Waals surface area contributed by atoms with Crippen LogP contribution in [0.3, 0.4) is 0 Å². The SMILES string of the molecule is CCNC(=O)Nc1cc(-c2nc(C(F)(F)F)cs2)c(-c2ccc3c(c2)c(=O)c(C(=O)OCCOP(=O)(OC(C)(C)C)OC(C)(C)C)cn3C(CO)C(C)(C)C)cn1. The second-order valence-electron chi connectivity index (χ2n) is 16.0. The van der Waals surface area contributed by atoms with Crippen LogP contribution in [0, 0.1) is 5.41 Å². The molecule has 4 rings (SSSR count). The fraction of sp³-hybridized carbons (Fsp3) is 0.500. The highest BCUT2D eigenvalue weighted by molar-refractivity contribution is 7.48. The molecule has 0 bridgehead atoms. The molecule has 1 aromatic carbocycles. The second-order valence-corrected chi connectivity index (χ2v) is 18.4. The van der Waals surface area contributed by atoms with Gasteiger partial charge in [-0.1, -0.05) is 26.8 Å². The number of fused-ring (bicyclic) bond motifs is 1. The number of phosphoric ester groups is 1. The summed E-state index contributed by atoms with van der Waals surface area (Å²) in [5.74, 6) is -1.01. The number of amides is 2. The topological polar surface area (TPSA) is 180 Å². The number of hydrogen-bond acceptors (Lipinski definition) is 12. The van der Waals surface area contributed by atoms with Gasteiger partial charge in [0.25, 0.3) is 0 Å². The lowest BCUT2D eigenvalue weighted by molar-refractivity contribution is -0.140. The Morgan fingerprint density at radius 1 is 0.982 bits per heavy atom. The minimum atomic E-state index is -4.72. The fourth-order valence-corrected chi connectivity index (χ4v) is 8.23. The van der Waals surface area contributed by atoms with E-state index < -0.39 is 78.6 Å². The van der Waals surface area contributed by atoms with E-state index in [1.54, 1.807) is 65.2 Å². The van der Waals surface area contributed by atoms with Crippen molar-refractivity contribution < 1.29 is 50.7 Å². The lowest BCUT2D eigenvalue weighted by Gasteiger charge is -2.33. The molecule has 2 amide bonds. The number of esters is 1. The molecule has 0 fully saturated rings. The lowest BCUT2D eigenvalue weighted by atomic mass is 9.86. The van der Waals surface area contributed by atoms with E-state index in [1.165, 1.54) is 24.5 Å². The fourth-order valence-electron chi connectivity index (χ4n) is 5.59. The van der Waals surface area contributed by atoms with Crippen LogP contribution in [0.25, 0.3) is 32.6 Å². The summed E-state index contributed by atoms with van der Waals surface area (Å²) in [6.07, 6.45) is -2.08. The maximum Gasteiger partial charge on any atom is 0.475 e. The zero-order valence-electron chi connectivity index (χ0n) is 33.5. The molecule has 1 unspecified atom stereocenters. The Hall–Kier alpha value is -4.19. The molecular formula is C38H49F3N5O9PS. The van der Waals surface area contributed by atoms with Crippen molar-refractivity contribution in [3.05, 3.63) is 63.5 Å². The maximum atomic E-state index is 14.2. The molecule has 0 spiro atoms. The molecule has 0 saturated heterocycles. The molecule has 3 N–H and O–H groups in total. The first kappa shape index (κ1) is 45.5. The number of aliphatic hydroxyl groups excluding tert-OH is 1. The van der Waals surface area contributed by atoms with Gasteiger partial charge in [0.1, 0.15) is 23.0 Å². The third kappa shape index (κ3) is 11.9. The standard InChI is InChI=1S/C38H49F3N5O9PS/c1-11-42-34(50)45-30-17-23(32-44-28(21-57-32)38(39,40)41)25(18-43-30)22-12-13-27-24(16-22)31(48)26(19-46(27)29(20-47)35(2,3)4)33(49)52-14-15-53-56(51,54-36(5,6)7)55-37(8,9)10/h12-13,16-19,21,29,47H,11,14-15,20H2,1-10H3,(H2,42,43,45,50). The summed E-state index contributed by atoms with van der Waals surface area (Å²) in [5, 5.41) is 16.5. The smallest absolute Gasteiger partial charge is 0.459 e. The van der Waals surface area contributed by atoms with Crippen molar-refractivity contribution in [3.8, 4) is 21.7 Å². The Labute approximate surface area is 332 Å². The number of carbonyl (C=O) groups excluding carboxylic acids is 2. The van der Waals surface area contributed by atoms with E-state index in [0.29, 0.717) is 17.6 Å². The van der Waals surface area contributed by atoms with Crippen LogP contribution in [0.4, 0.5) is 23.8 Å². The van der Waals surface area contributed by atoms with Crippen LogP contribution in [0.1, 0.15) is 91.3 Å². The van der Waals surface area contributed by atoms with Crippen LogP contribution >= 0.6 is 19.2 Å². The van der Waals surface area contributed by atoms with Crippen LogP contribution in [0.2, 0.25) is 0 Å². The molecule has 19 heteroatoms. The zero-order valence-corrected chi connectivity index (χ0v) is 35.2. The van der Waals surface area contributed by atoms with Gasteiger partial charge < -0.3 is 19.7 Å². The average molecular weight is 840 g/mol. The van der Waals surface area contributed by atoms with Crippen LogP contribution in [-0.2, 0) is 29.0 Å². The van der Waals surface area contributed by atoms with Gasteiger partial charge in [-0.05, 0) is 77.6 Å². The van der Waals surface area contributed by atoms with Gasteiger partial charge in [0.15, 0.2) is 5.69 Å². The number of aromatic nitrogens is 3. The number of halogens is 3. The van der Waals surface area contributed by atoms with Crippen molar-refractivity contribution >= 4 is 47.9 Å². The Morgan fingerprint density at radius 3 is 2.18 bits per heavy atom. The molecular weight excluding hydrogens is 790 g/mol. The highest BCUT2D eigenvalue weighted by Crippen LogP contribution is 2.55. The number of ether oxygens (including phenoxy) is 1. The summed E-state index contributed by atoms with van der Waals surface area (Å²) in [6.45, 7) is 16.4. The second kappa shape index (κ2) is 17.3. The van der Waals surface area contributed by atoms with Crippen molar-refractivity contribution in [3.63, 3.8) is 0 Å². The van der Waals surface area contributed by atoms with Crippen molar-refractivity contribution in [1.29, 1.82) is 0 Å². The monoisotopic (exact) mass is 839 g/mol. The summed E-state index contributed by atoms with van der Waals surface area (Å²) in [7, 11) is -4.14. The quantitative estimate of drug-likeness (QED) is 0.0665. The van der Waals surface area contributed by atoms with Gasteiger partial charge in [0, 0.05) is 40.8 Å². The highest BCUT2D eigenvalue weighted by Gasteiger charge is 2.38. The Morgan fingerprint density at radius 2 is 1.63 bits per heavy atom. The number of pyridine rings is 2. The molecule has 0 aliphatic carbocycles. The molecule has 14 nitrogen and oxygen atoms in total. The van der Waals surface area contributed by atoms with Crippen molar-refractivity contribution in [2.45, 2.75) is 92.7 Å². The van der Waals surface area contributed by atoms with Gasteiger partial charge in [-0.25, -0.2) is 24.1 Å². The van der Waals surface area contributed by atoms with Crippen LogP contribution in [-0.4, -0.2) is 69.2 Å². The van der Waals surface area contributed by atoms with E-state index in [0.717, 1.165) is 16.7 Å². The number of nitrogens with one attached hydrogen (secondary N) is 2. The van der Waals surface area contributed by atoms with Gasteiger partial charge in [-0.15, -0.1) is 11.3 Å². The Bertz CT molecular complexity index is 2190. The van der Waals surface area contributed by atoms with Gasteiger partial charge in [0.2, 0.25) is 5.43 Å². The number of hydrogen-bond donors (Lipinski definition) is 3. The van der Waals surface area contributed by atoms with Gasteiger partial charge in [-0.3, -0.25) is 23.7 Å². The number of aliphatic hydroxyl groups is 1. The Kier molecular flexibility index (Phi) is 13.9. The number of rotatable bonds is 13. The first-order valence-electron chi connectivity index (χ1n) is 18.0. The molecule has 0 saturated carbocycles. The lowest BCUT2D eigenvalue weighted by Crippen LogP contribution is -2.31. The highest BCUT2D eigenvalue weighted by atomic mass is 32.1. The van der Waals surface area contributed by atoms with Crippen LogP contribution < -0.4 is 16.1 Å². The van der Waals surface area contributed by atoms with Crippen molar-refractivity contribution in [1.82, 2.24) is 19.9 Å². The molecule has 0 radical (unpaired) electrons. The zero-order chi connectivity index (χ0) is 42.7. The molecule has 3 aromatic heterocycles.